The van der Waals surface area contributed by atoms with E-state index in [0.717, 1.165) is 33.4 Å². The Morgan fingerprint density at radius 1 is 1.07 bits per heavy atom. The fourth-order valence-corrected chi connectivity index (χ4v) is 4.99. The number of aryl methyl sites for hydroxylation is 2. The van der Waals surface area contributed by atoms with Crippen LogP contribution in [0.4, 0.5) is 0 Å². The maximum atomic E-state index is 8.38. The van der Waals surface area contributed by atoms with Crippen molar-refractivity contribution in [2.24, 2.45) is 0 Å². The molecule has 0 atom stereocenters. The lowest BCUT2D eigenvalue weighted by atomic mass is 9.88. The summed E-state index contributed by atoms with van der Waals surface area (Å²) in [6.45, 7) is 4.07. The molecule has 0 aliphatic heterocycles. The number of hydrogen-bond acceptors (Lipinski definition) is 3. The second kappa shape index (κ2) is 5.90. The van der Waals surface area contributed by atoms with Gasteiger partial charge in [-0.2, -0.15) is 0 Å². The summed E-state index contributed by atoms with van der Waals surface area (Å²) in [5, 5.41) is 3.47. The molecule has 0 saturated heterocycles. The number of hydrogen-bond donors (Lipinski definition) is 0. The van der Waals surface area contributed by atoms with Crippen LogP contribution in [0, 0.1) is 13.8 Å². The summed E-state index contributed by atoms with van der Waals surface area (Å²) in [7, 11) is 7.76. The Bertz CT molecular complexity index is 1370. The predicted molar refractivity (Wildman–Crippen MR) is 116 cm³/mol. The van der Waals surface area contributed by atoms with Crippen LogP contribution >= 0.6 is 11.3 Å². The van der Waals surface area contributed by atoms with Crippen molar-refractivity contribution in [1.82, 2.24) is 0 Å². The number of ether oxygens (including phenoxy) is 1. The van der Waals surface area contributed by atoms with E-state index in [0.29, 0.717) is 11.2 Å². The molecule has 4 heteroatoms. The standard InChI is InChI=1S/C23H17BO2S/c1-12-13(2)26-18-11-20-23(15-6-4-5-7-19(15)27-20)22(21(12)18)14-8-9-17(25-3)16(24)10-14/h4-11H,1-3H3/i9D. The number of furan rings is 1. The maximum Gasteiger partial charge on any atom is 0.136 e. The average Bonchev–Trinajstić information content (AvgIpc) is 3.17. The van der Waals surface area contributed by atoms with Crippen molar-refractivity contribution in [3.05, 3.63) is 59.8 Å². The lowest BCUT2D eigenvalue weighted by molar-refractivity contribution is 0.418. The van der Waals surface area contributed by atoms with E-state index in [1.54, 1.807) is 11.3 Å². The van der Waals surface area contributed by atoms with Crippen LogP contribution < -0.4 is 10.2 Å². The van der Waals surface area contributed by atoms with Crippen LogP contribution in [0.25, 0.3) is 42.3 Å². The van der Waals surface area contributed by atoms with Gasteiger partial charge in [-0.15, -0.1) is 11.3 Å². The van der Waals surface area contributed by atoms with E-state index in [4.69, 9.17) is 18.4 Å². The third kappa shape index (κ3) is 2.33. The minimum atomic E-state index is 0.278. The molecule has 2 radical (unpaired) electrons. The minimum absolute atomic E-state index is 0.278. The highest BCUT2D eigenvalue weighted by Gasteiger charge is 2.20. The van der Waals surface area contributed by atoms with Gasteiger partial charge in [0.05, 0.1) is 8.48 Å². The second-order valence-corrected chi connectivity index (χ2v) is 7.84. The molecule has 3 aromatic carbocycles. The molecule has 5 aromatic rings. The van der Waals surface area contributed by atoms with Gasteiger partial charge in [-0.1, -0.05) is 35.8 Å². The van der Waals surface area contributed by atoms with Gasteiger partial charge in [0.25, 0.3) is 0 Å². The number of fused-ring (bicyclic) bond motifs is 4. The first kappa shape index (κ1) is 15.4. The molecule has 0 aliphatic rings. The number of benzene rings is 3. The molecule has 0 amide bonds. The third-order valence-electron chi connectivity index (χ3n) is 5.22. The van der Waals surface area contributed by atoms with E-state index >= 15 is 0 Å². The Kier molecular flexibility index (Phi) is 3.35. The van der Waals surface area contributed by atoms with Crippen LogP contribution in [0.3, 0.4) is 0 Å². The molecule has 5 rings (SSSR count). The molecule has 0 spiro atoms. The number of methoxy groups -OCH3 is 1. The summed E-state index contributed by atoms with van der Waals surface area (Å²) >= 11 is 1.75. The first-order chi connectivity index (χ1) is 13.5. The average molecular weight is 369 g/mol. The molecule has 0 saturated carbocycles. The van der Waals surface area contributed by atoms with Gasteiger partial charge < -0.3 is 9.15 Å². The Balaban J connectivity index is 2.02. The van der Waals surface area contributed by atoms with Crippen LogP contribution in [0.2, 0.25) is 0 Å². The zero-order chi connectivity index (χ0) is 19.6. The van der Waals surface area contributed by atoms with E-state index in [9.17, 15) is 0 Å². The predicted octanol–water partition coefficient (Wildman–Crippen LogP) is 5.89. The highest BCUT2D eigenvalue weighted by atomic mass is 32.1. The van der Waals surface area contributed by atoms with Crippen molar-refractivity contribution < 1.29 is 10.5 Å². The van der Waals surface area contributed by atoms with Crippen LogP contribution in [-0.2, 0) is 0 Å². The molecule has 0 N–H and O–H groups in total. The SMILES string of the molecule is [2H]c1cc(-c2c3c(C)c(C)oc3cc3sc4ccccc4c23)cc([B])c1OC. The molecular weight excluding hydrogens is 351 g/mol. The zero-order valence-corrected chi connectivity index (χ0v) is 16.2. The van der Waals surface area contributed by atoms with Crippen molar-refractivity contribution in [3.63, 3.8) is 0 Å². The van der Waals surface area contributed by atoms with E-state index in [2.05, 4.69) is 37.3 Å². The van der Waals surface area contributed by atoms with Gasteiger partial charge in [0.1, 0.15) is 24.9 Å². The quantitative estimate of drug-likeness (QED) is 0.362. The first-order valence-electron chi connectivity index (χ1n) is 9.28. The number of thiophene rings is 1. The molecular formula is C23H17BO2S. The summed E-state index contributed by atoms with van der Waals surface area (Å²) in [6, 6.07) is 14.6. The highest BCUT2D eigenvalue weighted by Crippen LogP contribution is 2.46. The molecule has 2 heterocycles. The monoisotopic (exact) mass is 369 g/mol. The van der Waals surface area contributed by atoms with Gasteiger partial charge >= 0.3 is 0 Å². The van der Waals surface area contributed by atoms with Gasteiger partial charge in [-0.25, -0.2) is 0 Å². The summed E-state index contributed by atoms with van der Waals surface area (Å²) in [5.74, 6) is 1.31. The topological polar surface area (TPSA) is 22.4 Å². The van der Waals surface area contributed by atoms with Crippen molar-refractivity contribution in [2.75, 3.05) is 7.11 Å². The summed E-state index contributed by atoms with van der Waals surface area (Å²) < 4.78 is 22.1. The molecule has 2 aromatic heterocycles. The van der Waals surface area contributed by atoms with Crippen molar-refractivity contribution in [1.29, 1.82) is 0 Å². The normalized spacial score (nSPS) is 12.2. The van der Waals surface area contributed by atoms with Crippen LogP contribution in [0.5, 0.6) is 5.75 Å². The largest absolute Gasteiger partial charge is 0.497 e. The molecule has 0 unspecified atom stereocenters. The van der Waals surface area contributed by atoms with Crippen molar-refractivity contribution in [2.45, 2.75) is 13.8 Å². The maximum absolute atomic E-state index is 8.38. The third-order valence-corrected chi connectivity index (χ3v) is 6.34. The summed E-state index contributed by atoms with van der Waals surface area (Å²) in [5.41, 5.74) is 4.43. The number of rotatable bonds is 2. The summed E-state index contributed by atoms with van der Waals surface area (Å²) in [4.78, 5) is 0. The van der Waals surface area contributed by atoms with Gasteiger partial charge in [-0.05, 0) is 43.1 Å². The van der Waals surface area contributed by atoms with E-state index in [1.165, 1.54) is 27.3 Å². The van der Waals surface area contributed by atoms with Crippen LogP contribution in [-0.4, -0.2) is 15.0 Å². The highest BCUT2D eigenvalue weighted by molar-refractivity contribution is 7.26. The van der Waals surface area contributed by atoms with Crippen molar-refractivity contribution in [3.8, 4) is 16.9 Å². The molecule has 0 bridgehead atoms. The summed E-state index contributed by atoms with van der Waals surface area (Å²) in [6.07, 6.45) is 0. The van der Waals surface area contributed by atoms with E-state index in [1.807, 2.05) is 19.1 Å². The fraction of sp³-hybridized carbons (Fsp3) is 0.130. The first-order valence-corrected chi connectivity index (χ1v) is 9.59. The molecule has 2 nitrogen and oxygen atoms in total. The lowest BCUT2D eigenvalue weighted by Crippen LogP contribution is -2.07. The van der Waals surface area contributed by atoms with Crippen LogP contribution in [0.15, 0.2) is 52.9 Å². The van der Waals surface area contributed by atoms with Crippen LogP contribution in [0.1, 0.15) is 12.7 Å². The van der Waals surface area contributed by atoms with E-state index in [-0.39, 0.29) is 6.04 Å². The van der Waals surface area contributed by atoms with Gasteiger partial charge in [0.2, 0.25) is 0 Å². The molecule has 27 heavy (non-hydrogen) atoms. The second-order valence-electron chi connectivity index (χ2n) is 6.76. The van der Waals surface area contributed by atoms with Gasteiger partial charge in [0.15, 0.2) is 0 Å². The Morgan fingerprint density at radius 3 is 2.67 bits per heavy atom. The van der Waals surface area contributed by atoms with Gasteiger partial charge in [-0.3, -0.25) is 0 Å². The Morgan fingerprint density at radius 2 is 1.89 bits per heavy atom. The zero-order valence-electron chi connectivity index (χ0n) is 16.3. The lowest BCUT2D eigenvalue weighted by Gasteiger charge is -2.11. The smallest absolute Gasteiger partial charge is 0.136 e. The molecule has 0 aliphatic carbocycles. The van der Waals surface area contributed by atoms with Gasteiger partial charge in [0, 0.05) is 31.1 Å². The van der Waals surface area contributed by atoms with Crippen molar-refractivity contribution >= 4 is 55.8 Å². The molecule has 130 valence electrons. The van der Waals surface area contributed by atoms with E-state index < -0.39 is 0 Å². The fourth-order valence-electron chi connectivity index (χ4n) is 3.84. The minimum Gasteiger partial charge on any atom is -0.497 e. The molecule has 0 fully saturated rings. The Hall–Kier alpha value is -2.72. The Labute approximate surface area is 164 Å².